The Morgan fingerprint density at radius 3 is 1.74 bits per heavy atom. The standard InChI is InChI=1S/C36H48ClN3O4SSi2.C18H15P/c1-36(2,3)47(7,8)44-29-21-42-33-30(22-43-32(29)33)45-35-39-34-28(40(35)23-41-18-19-46(4,5)6)20-27(37)31(38-34)26-16-14-25(15-17-26)24-12-10-9-11-13-24;1-4-10-16(11-5-1)19(17-12-6-2-7-13-17)18-14-8-3-9-15-18/h9-17,20,29-30,32-33H,18-19,21-23H2,1-8H3;1-15H/t29-,30-,32-,33-;/m1./s1. The minimum absolute atomic E-state index is 0.0495. The predicted molar refractivity (Wildman–Crippen MR) is 284 cm³/mol. The van der Waals surface area contributed by atoms with Crippen LogP contribution in [0.3, 0.4) is 0 Å². The average molecular weight is 973 g/mol. The average Bonchev–Trinajstić information content (AvgIpc) is 4.00. The number of benzene rings is 5. The van der Waals surface area contributed by atoms with Gasteiger partial charge in [0.1, 0.15) is 18.9 Å². The van der Waals surface area contributed by atoms with Crippen molar-refractivity contribution in [2.24, 2.45) is 0 Å². The zero-order valence-corrected chi connectivity index (χ0v) is 44.0. The first-order chi connectivity index (χ1) is 31.6. The fourth-order valence-electron chi connectivity index (χ4n) is 7.91. The van der Waals surface area contributed by atoms with Gasteiger partial charge in [-0.2, -0.15) is 0 Å². The second-order valence-electron chi connectivity index (χ2n) is 19.8. The zero-order valence-electron chi connectivity index (χ0n) is 39.5. The number of pyridine rings is 1. The topological polar surface area (TPSA) is 67.6 Å². The summed E-state index contributed by atoms with van der Waals surface area (Å²) in [5.74, 6) is 0. The van der Waals surface area contributed by atoms with E-state index in [1.54, 1.807) is 11.8 Å². The van der Waals surface area contributed by atoms with E-state index < -0.39 is 24.3 Å². The van der Waals surface area contributed by atoms with Crippen LogP contribution < -0.4 is 15.9 Å². The van der Waals surface area contributed by atoms with Crippen LogP contribution in [0.25, 0.3) is 33.5 Å². The Kier molecular flexibility index (Phi) is 15.5. The van der Waals surface area contributed by atoms with Crippen LogP contribution >= 0.6 is 31.3 Å². The second-order valence-corrected chi connectivity index (χ2v) is 34.0. The minimum atomic E-state index is -1.97. The Morgan fingerprint density at radius 2 is 1.20 bits per heavy atom. The van der Waals surface area contributed by atoms with Gasteiger partial charge >= 0.3 is 0 Å². The molecule has 66 heavy (non-hydrogen) atoms. The van der Waals surface area contributed by atoms with E-state index in [1.165, 1.54) is 21.5 Å². The summed E-state index contributed by atoms with van der Waals surface area (Å²) in [5.41, 5.74) is 5.49. The van der Waals surface area contributed by atoms with E-state index >= 15 is 0 Å². The summed E-state index contributed by atoms with van der Waals surface area (Å²) in [6.07, 6.45) is -0.192. The molecule has 2 aromatic heterocycles. The van der Waals surface area contributed by atoms with Crippen molar-refractivity contribution in [1.29, 1.82) is 0 Å². The third-order valence-corrected chi connectivity index (χ3v) is 22.8. The summed E-state index contributed by atoms with van der Waals surface area (Å²) >= 11 is 8.62. The normalized spacial score (nSPS) is 18.6. The van der Waals surface area contributed by atoms with Crippen LogP contribution in [0.15, 0.2) is 157 Å². The molecular formula is C54H63ClN3O4PSSi2. The van der Waals surface area contributed by atoms with Crippen molar-refractivity contribution >= 4 is 74.8 Å². The highest BCUT2D eigenvalue weighted by atomic mass is 35.5. The summed E-state index contributed by atoms with van der Waals surface area (Å²) in [5, 5.41) is 5.80. The lowest BCUT2D eigenvalue weighted by molar-refractivity contribution is 0.0246. The van der Waals surface area contributed by atoms with Crippen molar-refractivity contribution in [3.8, 4) is 22.4 Å². The van der Waals surface area contributed by atoms with Gasteiger partial charge in [0.15, 0.2) is 19.1 Å². The molecule has 344 valence electrons. The number of aromatic nitrogens is 3. The van der Waals surface area contributed by atoms with Gasteiger partial charge in [-0.05, 0) is 65.2 Å². The van der Waals surface area contributed by atoms with E-state index in [2.05, 4.69) is 198 Å². The first-order valence-electron chi connectivity index (χ1n) is 23.0. The Balaban J connectivity index is 0.000000258. The van der Waals surface area contributed by atoms with Gasteiger partial charge in [-0.1, -0.05) is 209 Å². The second kappa shape index (κ2) is 21.1. The SMILES string of the molecule is CC(C)(C)[Si](C)(C)O[C@@H]1CO[C@H]2[C@@H]1OC[C@H]2Sc1nc2nc(-c3ccc(-c4ccccc4)cc3)c(Cl)cc2n1COCC[Si](C)(C)C.c1ccc(P(c2ccccc2)c2ccccc2)cc1. The van der Waals surface area contributed by atoms with Crippen LogP contribution in [0.2, 0.25) is 48.8 Å². The molecule has 5 aromatic carbocycles. The summed E-state index contributed by atoms with van der Waals surface area (Å²) < 4.78 is 27.9. The number of halogens is 1. The fourth-order valence-corrected chi connectivity index (χ4v) is 13.7. The molecule has 0 unspecified atom stereocenters. The first kappa shape index (κ1) is 48.5. The van der Waals surface area contributed by atoms with Crippen molar-refractivity contribution in [2.75, 3.05) is 19.8 Å². The van der Waals surface area contributed by atoms with Crippen LogP contribution in [-0.4, -0.2) is 74.3 Å². The van der Waals surface area contributed by atoms with Crippen molar-refractivity contribution in [3.05, 3.63) is 157 Å². The van der Waals surface area contributed by atoms with Crippen LogP contribution in [0.1, 0.15) is 20.8 Å². The molecule has 2 aliphatic rings. The molecule has 2 saturated heterocycles. The van der Waals surface area contributed by atoms with E-state index in [-0.39, 0.29) is 28.6 Å². The van der Waals surface area contributed by atoms with Crippen molar-refractivity contribution < 1.29 is 18.6 Å². The van der Waals surface area contributed by atoms with Gasteiger partial charge in [-0.3, -0.25) is 4.57 Å². The highest BCUT2D eigenvalue weighted by molar-refractivity contribution is 7.99. The number of hydrogen-bond acceptors (Lipinski definition) is 7. The van der Waals surface area contributed by atoms with Gasteiger partial charge in [0, 0.05) is 20.2 Å². The molecule has 0 amide bonds. The summed E-state index contributed by atoms with van der Waals surface area (Å²) in [7, 11) is -3.65. The van der Waals surface area contributed by atoms with Gasteiger partial charge in [0.2, 0.25) is 0 Å². The number of hydrogen-bond donors (Lipinski definition) is 0. The van der Waals surface area contributed by atoms with Gasteiger partial charge in [0.05, 0.1) is 40.8 Å². The molecule has 0 radical (unpaired) electrons. The largest absolute Gasteiger partial charge is 0.409 e. The maximum absolute atomic E-state index is 6.94. The monoisotopic (exact) mass is 971 g/mol. The third-order valence-electron chi connectivity index (χ3n) is 12.7. The molecule has 4 atom stereocenters. The molecule has 12 heteroatoms. The lowest BCUT2D eigenvalue weighted by atomic mass is 10.0. The first-order valence-corrected chi connectivity index (χ1v) is 32.2. The number of ether oxygens (including phenoxy) is 3. The maximum atomic E-state index is 6.94. The van der Waals surface area contributed by atoms with E-state index in [9.17, 15) is 0 Å². The van der Waals surface area contributed by atoms with Gasteiger partial charge in [-0.25, -0.2) is 9.97 Å². The quantitative estimate of drug-likeness (QED) is 0.0611. The molecule has 0 N–H and O–H groups in total. The van der Waals surface area contributed by atoms with E-state index in [0.29, 0.717) is 42.9 Å². The lowest BCUT2D eigenvalue weighted by Gasteiger charge is -2.39. The summed E-state index contributed by atoms with van der Waals surface area (Å²) in [6, 6.07) is 54.1. The Labute approximate surface area is 404 Å². The van der Waals surface area contributed by atoms with Crippen LogP contribution in [-0.2, 0) is 25.4 Å². The van der Waals surface area contributed by atoms with Crippen molar-refractivity contribution in [2.45, 2.75) is 100 Å². The highest BCUT2D eigenvalue weighted by Crippen LogP contribution is 2.43. The molecule has 9 rings (SSSR count). The number of rotatable bonds is 14. The van der Waals surface area contributed by atoms with Crippen LogP contribution in [0, 0.1) is 0 Å². The van der Waals surface area contributed by atoms with Crippen LogP contribution in [0.4, 0.5) is 0 Å². The molecule has 0 bridgehead atoms. The molecule has 4 heterocycles. The van der Waals surface area contributed by atoms with Gasteiger partial charge in [0.25, 0.3) is 0 Å². The molecular weight excluding hydrogens is 909 g/mol. The lowest BCUT2D eigenvalue weighted by Crippen LogP contribution is -2.47. The molecule has 0 spiro atoms. The van der Waals surface area contributed by atoms with E-state index in [1.807, 2.05) is 12.1 Å². The number of imidazole rings is 1. The van der Waals surface area contributed by atoms with E-state index in [0.717, 1.165) is 27.8 Å². The molecule has 7 aromatic rings. The van der Waals surface area contributed by atoms with Crippen molar-refractivity contribution in [3.63, 3.8) is 0 Å². The van der Waals surface area contributed by atoms with Crippen molar-refractivity contribution in [1.82, 2.24) is 14.5 Å². The highest BCUT2D eigenvalue weighted by Gasteiger charge is 2.52. The smallest absolute Gasteiger partial charge is 0.192 e. The number of nitrogens with zero attached hydrogens (tertiary/aromatic N) is 3. The Morgan fingerprint density at radius 1 is 0.682 bits per heavy atom. The molecule has 2 aliphatic heterocycles. The van der Waals surface area contributed by atoms with E-state index in [4.69, 9.17) is 40.2 Å². The molecule has 0 saturated carbocycles. The summed E-state index contributed by atoms with van der Waals surface area (Å²) in [6.45, 7) is 20.7. The minimum Gasteiger partial charge on any atom is -0.409 e. The predicted octanol–water partition coefficient (Wildman–Crippen LogP) is 12.8. The zero-order chi connectivity index (χ0) is 46.5. The maximum Gasteiger partial charge on any atom is 0.192 e. The van der Waals surface area contributed by atoms with Crippen LogP contribution in [0.5, 0.6) is 0 Å². The Bertz CT molecular complexity index is 2550. The number of thioether (sulfide) groups is 1. The third kappa shape index (κ3) is 11.7. The van der Waals surface area contributed by atoms with Gasteiger partial charge in [-0.15, -0.1) is 0 Å². The molecule has 2 fully saturated rings. The summed E-state index contributed by atoms with van der Waals surface area (Å²) in [4.78, 5) is 10.1. The Hall–Kier alpha value is -3.94. The van der Waals surface area contributed by atoms with Gasteiger partial charge < -0.3 is 18.6 Å². The fraction of sp³-hybridized carbons (Fsp3) is 0.333. The number of fused-ring (bicyclic) bond motifs is 2. The molecule has 7 nitrogen and oxygen atoms in total. The molecule has 0 aliphatic carbocycles.